The van der Waals surface area contributed by atoms with Crippen LogP contribution in [0.2, 0.25) is 5.02 Å². The van der Waals surface area contributed by atoms with Crippen LogP contribution in [0.4, 0.5) is 0 Å². The Morgan fingerprint density at radius 3 is 2.56 bits per heavy atom. The molecule has 2 unspecified atom stereocenters. The summed E-state index contributed by atoms with van der Waals surface area (Å²) in [5, 5.41) is 18.1. The molecule has 1 amide bonds. The number of aliphatic hydroxyl groups is 1. The Kier molecular flexibility index (Phi) is 4.10. The van der Waals surface area contributed by atoms with E-state index in [0.29, 0.717) is 16.1 Å². The molecule has 0 spiro atoms. The van der Waals surface area contributed by atoms with E-state index in [9.17, 15) is 9.90 Å². The third kappa shape index (κ3) is 2.66. The van der Waals surface area contributed by atoms with Crippen LogP contribution in [0.15, 0.2) is 59.7 Å². The highest BCUT2D eigenvalue weighted by atomic mass is 35.5. The smallest absolute Gasteiger partial charge is 0.276 e. The predicted molar refractivity (Wildman–Crippen MR) is 97.4 cm³/mol. The molecule has 1 N–H and O–H groups in total. The predicted octanol–water partition coefficient (Wildman–Crippen LogP) is 4.19. The first-order valence-electron chi connectivity index (χ1n) is 8.56. The van der Waals surface area contributed by atoms with E-state index in [1.54, 1.807) is 24.3 Å². The summed E-state index contributed by atoms with van der Waals surface area (Å²) in [5.41, 5.74) is 0.637. The molecule has 0 saturated heterocycles. The molecule has 1 heterocycles. The topological polar surface area (TPSA) is 52.9 Å². The summed E-state index contributed by atoms with van der Waals surface area (Å²) < 4.78 is 0. The summed E-state index contributed by atoms with van der Waals surface area (Å²) >= 11 is 5.93. The number of fused-ring (bicyclic) bond motifs is 1. The van der Waals surface area contributed by atoms with Gasteiger partial charge in [0.15, 0.2) is 5.72 Å². The molecule has 0 bridgehead atoms. The first kappa shape index (κ1) is 16.3. The van der Waals surface area contributed by atoms with Crippen molar-refractivity contribution in [3.63, 3.8) is 0 Å². The number of carbonyl (C=O) groups excluding carboxylic acids is 1. The molecule has 1 aliphatic carbocycles. The van der Waals surface area contributed by atoms with Crippen LogP contribution >= 0.6 is 11.6 Å². The Morgan fingerprint density at radius 2 is 1.84 bits per heavy atom. The Morgan fingerprint density at radius 1 is 1.12 bits per heavy atom. The number of benzene rings is 2. The van der Waals surface area contributed by atoms with Gasteiger partial charge >= 0.3 is 0 Å². The number of hydrogen-bond donors (Lipinski definition) is 1. The quantitative estimate of drug-likeness (QED) is 0.879. The lowest BCUT2D eigenvalue weighted by atomic mass is 9.78. The van der Waals surface area contributed by atoms with E-state index in [4.69, 9.17) is 11.6 Å². The third-order valence-electron chi connectivity index (χ3n) is 5.10. The van der Waals surface area contributed by atoms with Crippen LogP contribution in [0.25, 0.3) is 0 Å². The number of hydrogen-bond acceptors (Lipinski definition) is 3. The average molecular weight is 355 g/mol. The average Bonchev–Trinajstić information content (AvgIpc) is 2.97. The van der Waals surface area contributed by atoms with Crippen molar-refractivity contribution in [3.8, 4) is 0 Å². The van der Waals surface area contributed by atoms with Gasteiger partial charge in [-0.05, 0) is 43.5 Å². The highest BCUT2D eigenvalue weighted by Crippen LogP contribution is 2.46. The second kappa shape index (κ2) is 6.28. The molecule has 128 valence electrons. The molecule has 1 aliphatic heterocycles. The summed E-state index contributed by atoms with van der Waals surface area (Å²) in [6.07, 6.45) is 3.73. The van der Waals surface area contributed by atoms with Gasteiger partial charge in [-0.15, -0.1) is 0 Å². The molecule has 4 nitrogen and oxygen atoms in total. The number of rotatable bonds is 2. The molecule has 2 aliphatic rings. The van der Waals surface area contributed by atoms with Gasteiger partial charge in [0.05, 0.1) is 5.92 Å². The second-order valence-electron chi connectivity index (χ2n) is 6.61. The van der Waals surface area contributed by atoms with Crippen LogP contribution in [0.3, 0.4) is 0 Å². The van der Waals surface area contributed by atoms with E-state index >= 15 is 0 Å². The zero-order valence-corrected chi connectivity index (χ0v) is 14.5. The van der Waals surface area contributed by atoms with Crippen molar-refractivity contribution >= 4 is 23.2 Å². The van der Waals surface area contributed by atoms with Crippen LogP contribution < -0.4 is 0 Å². The van der Waals surface area contributed by atoms with Gasteiger partial charge in [-0.2, -0.15) is 10.1 Å². The summed E-state index contributed by atoms with van der Waals surface area (Å²) in [6, 6.07) is 16.0. The fraction of sp³-hybridized carbons (Fsp3) is 0.300. The molecule has 25 heavy (non-hydrogen) atoms. The van der Waals surface area contributed by atoms with E-state index < -0.39 is 5.72 Å². The van der Waals surface area contributed by atoms with Crippen molar-refractivity contribution in [2.24, 2.45) is 11.0 Å². The lowest BCUT2D eigenvalue weighted by Crippen LogP contribution is -2.49. The Hall–Kier alpha value is -2.17. The second-order valence-corrected chi connectivity index (χ2v) is 7.04. The van der Waals surface area contributed by atoms with Gasteiger partial charge in [0, 0.05) is 21.9 Å². The largest absolute Gasteiger partial charge is 0.365 e. The lowest BCUT2D eigenvalue weighted by Gasteiger charge is -2.37. The monoisotopic (exact) mass is 354 g/mol. The lowest BCUT2D eigenvalue weighted by molar-refractivity contribution is -0.108. The maximum absolute atomic E-state index is 13.1. The Labute approximate surface area is 151 Å². The van der Waals surface area contributed by atoms with Gasteiger partial charge in [0.1, 0.15) is 0 Å². The Bertz CT molecular complexity index is 819. The van der Waals surface area contributed by atoms with E-state index in [2.05, 4.69) is 5.10 Å². The molecule has 4 rings (SSSR count). The summed E-state index contributed by atoms with van der Waals surface area (Å²) in [5.74, 6) is -0.468. The van der Waals surface area contributed by atoms with Crippen molar-refractivity contribution in [3.05, 3.63) is 70.7 Å². The molecule has 1 fully saturated rings. The molecule has 2 aromatic rings. The molecule has 0 aromatic heterocycles. The minimum Gasteiger partial charge on any atom is -0.365 e. The summed E-state index contributed by atoms with van der Waals surface area (Å²) in [4.78, 5) is 13.1. The number of halogens is 1. The Balaban J connectivity index is 1.79. The van der Waals surface area contributed by atoms with Crippen LogP contribution in [-0.2, 0) is 5.72 Å². The first-order chi connectivity index (χ1) is 12.1. The highest BCUT2D eigenvalue weighted by Gasteiger charge is 2.54. The normalized spacial score (nSPS) is 25.4. The third-order valence-corrected chi connectivity index (χ3v) is 5.35. The molecular formula is C20H19ClN2O2. The van der Waals surface area contributed by atoms with Crippen LogP contribution in [-0.4, -0.2) is 21.7 Å². The highest BCUT2D eigenvalue weighted by molar-refractivity contribution is 6.30. The maximum Gasteiger partial charge on any atom is 0.276 e. The zero-order valence-electron chi connectivity index (χ0n) is 13.7. The summed E-state index contributed by atoms with van der Waals surface area (Å²) in [7, 11) is 0. The summed E-state index contributed by atoms with van der Waals surface area (Å²) in [6.45, 7) is 0. The minimum absolute atomic E-state index is 0.153. The molecule has 5 heteroatoms. The standard InChI is InChI=1S/C20H19ClN2O2/c21-16-12-10-14(11-13-16)19(24)23-20(25,15-6-2-1-3-7-15)17-8-4-5-9-18(17)22-23/h1-3,6-7,10-13,17,25H,4-5,8-9H2. The molecule has 2 aromatic carbocycles. The number of amides is 1. The van der Waals surface area contributed by atoms with E-state index in [1.165, 1.54) is 5.01 Å². The molecule has 2 atom stereocenters. The van der Waals surface area contributed by atoms with Crippen molar-refractivity contribution in [2.75, 3.05) is 0 Å². The van der Waals surface area contributed by atoms with E-state index in [-0.39, 0.29) is 11.8 Å². The number of nitrogens with zero attached hydrogens (tertiary/aromatic N) is 2. The zero-order chi connectivity index (χ0) is 17.4. The number of hydrazone groups is 1. The van der Waals surface area contributed by atoms with Crippen LogP contribution in [0, 0.1) is 5.92 Å². The van der Waals surface area contributed by atoms with E-state index in [1.807, 2.05) is 30.3 Å². The van der Waals surface area contributed by atoms with Gasteiger partial charge in [0.25, 0.3) is 5.91 Å². The molecular weight excluding hydrogens is 336 g/mol. The SMILES string of the molecule is O=C(c1ccc(Cl)cc1)N1N=C2CCCCC2C1(O)c1ccccc1. The van der Waals surface area contributed by atoms with Crippen LogP contribution in [0.5, 0.6) is 0 Å². The number of carbonyl (C=O) groups is 1. The van der Waals surface area contributed by atoms with Gasteiger partial charge in [-0.1, -0.05) is 48.4 Å². The van der Waals surface area contributed by atoms with Crippen molar-refractivity contribution < 1.29 is 9.90 Å². The van der Waals surface area contributed by atoms with Gasteiger partial charge in [0.2, 0.25) is 0 Å². The van der Waals surface area contributed by atoms with Crippen molar-refractivity contribution in [1.29, 1.82) is 0 Å². The minimum atomic E-state index is -1.44. The maximum atomic E-state index is 13.1. The first-order valence-corrected chi connectivity index (χ1v) is 8.94. The molecule has 1 saturated carbocycles. The fourth-order valence-corrected chi connectivity index (χ4v) is 3.95. The van der Waals surface area contributed by atoms with Gasteiger partial charge < -0.3 is 5.11 Å². The van der Waals surface area contributed by atoms with Gasteiger partial charge in [-0.3, -0.25) is 4.79 Å². The van der Waals surface area contributed by atoms with Gasteiger partial charge in [-0.25, -0.2) is 0 Å². The van der Waals surface area contributed by atoms with Crippen molar-refractivity contribution in [1.82, 2.24) is 5.01 Å². The van der Waals surface area contributed by atoms with E-state index in [0.717, 1.165) is 31.4 Å². The van der Waals surface area contributed by atoms with Crippen molar-refractivity contribution in [2.45, 2.75) is 31.4 Å². The fourth-order valence-electron chi connectivity index (χ4n) is 3.82. The molecule has 0 radical (unpaired) electrons. The van der Waals surface area contributed by atoms with Crippen LogP contribution in [0.1, 0.15) is 41.6 Å².